The summed E-state index contributed by atoms with van der Waals surface area (Å²) in [5.41, 5.74) is 5.06. The molecule has 2 fully saturated rings. The third-order valence-corrected chi connectivity index (χ3v) is 6.83. The topological polar surface area (TPSA) is 58.4 Å². The number of aromatic nitrogens is 2. The van der Waals surface area contributed by atoms with E-state index >= 15 is 0 Å². The number of nitrogens with zero attached hydrogens (tertiary/aromatic N) is 4. The third-order valence-electron chi connectivity index (χ3n) is 6.83. The number of likely N-dealkylation sites (tertiary alicyclic amines) is 1. The molecule has 2 aliphatic rings. The fraction of sp³-hybridized carbons (Fsp3) is 0.423. The molecule has 0 saturated carbocycles. The lowest BCUT2D eigenvalue weighted by atomic mass is 10.1. The van der Waals surface area contributed by atoms with E-state index in [1.54, 1.807) is 0 Å². The molecule has 0 spiro atoms. The highest BCUT2D eigenvalue weighted by Gasteiger charge is 2.36. The molecule has 0 N–H and O–H groups in total. The minimum Gasteiger partial charge on any atom is -0.341 e. The second-order valence-corrected chi connectivity index (χ2v) is 9.18. The molecular formula is C26H30N4O2. The summed E-state index contributed by atoms with van der Waals surface area (Å²) < 4.78 is 2.05. The number of fused-ring (bicyclic) bond motifs is 1. The molecule has 3 aromatic rings. The maximum absolute atomic E-state index is 13.1. The Bertz CT molecular complexity index is 1180. The van der Waals surface area contributed by atoms with Crippen LogP contribution in [0.5, 0.6) is 0 Å². The average Bonchev–Trinajstić information content (AvgIpc) is 3.36. The van der Waals surface area contributed by atoms with E-state index in [0.29, 0.717) is 13.0 Å². The van der Waals surface area contributed by atoms with Crippen LogP contribution in [0.4, 0.5) is 5.69 Å². The molecule has 2 aliphatic heterocycles. The summed E-state index contributed by atoms with van der Waals surface area (Å²) in [5, 5.41) is 0. The SMILES string of the molecule is Cc1ccc(C)c(N2CC(c3nc4ccccc4n3CC(=O)N3CCCCC3)CC2=O)c1. The summed E-state index contributed by atoms with van der Waals surface area (Å²) in [7, 11) is 0. The van der Waals surface area contributed by atoms with Gasteiger partial charge in [-0.15, -0.1) is 0 Å². The molecule has 6 heteroatoms. The number of aryl methyl sites for hydroxylation is 2. The molecule has 6 nitrogen and oxygen atoms in total. The van der Waals surface area contributed by atoms with Crippen LogP contribution in [0.1, 0.15) is 48.6 Å². The lowest BCUT2D eigenvalue weighted by molar-refractivity contribution is -0.132. The summed E-state index contributed by atoms with van der Waals surface area (Å²) in [6.45, 7) is 6.63. The predicted octanol–water partition coefficient (Wildman–Crippen LogP) is 4.19. The molecule has 0 bridgehead atoms. The average molecular weight is 431 g/mol. The van der Waals surface area contributed by atoms with Crippen LogP contribution in [0.25, 0.3) is 11.0 Å². The molecule has 1 aromatic heterocycles. The van der Waals surface area contributed by atoms with E-state index in [9.17, 15) is 9.59 Å². The zero-order chi connectivity index (χ0) is 22.2. The summed E-state index contributed by atoms with van der Waals surface area (Å²) in [5.74, 6) is 1.07. The molecule has 2 saturated heterocycles. The van der Waals surface area contributed by atoms with Crippen LogP contribution in [0, 0.1) is 13.8 Å². The van der Waals surface area contributed by atoms with Crippen molar-refractivity contribution in [1.29, 1.82) is 0 Å². The van der Waals surface area contributed by atoms with E-state index in [4.69, 9.17) is 4.98 Å². The highest BCUT2D eigenvalue weighted by atomic mass is 16.2. The number of amides is 2. The Kier molecular flexibility index (Phi) is 5.45. The second-order valence-electron chi connectivity index (χ2n) is 9.18. The van der Waals surface area contributed by atoms with Crippen molar-refractivity contribution in [2.45, 2.75) is 52.0 Å². The van der Waals surface area contributed by atoms with Gasteiger partial charge in [0.15, 0.2) is 0 Å². The summed E-state index contributed by atoms with van der Waals surface area (Å²) in [6, 6.07) is 14.2. The first kappa shape index (κ1) is 20.7. The van der Waals surface area contributed by atoms with E-state index in [1.165, 1.54) is 6.42 Å². The van der Waals surface area contributed by atoms with Crippen molar-refractivity contribution in [2.24, 2.45) is 0 Å². The van der Waals surface area contributed by atoms with E-state index in [1.807, 2.05) is 47.9 Å². The number of piperidine rings is 1. The Balaban J connectivity index is 1.47. The zero-order valence-electron chi connectivity index (χ0n) is 18.9. The molecule has 32 heavy (non-hydrogen) atoms. The van der Waals surface area contributed by atoms with Gasteiger partial charge in [0.05, 0.1) is 11.0 Å². The number of hydrogen-bond donors (Lipinski definition) is 0. The number of hydrogen-bond acceptors (Lipinski definition) is 3. The van der Waals surface area contributed by atoms with Crippen LogP contribution in [0.2, 0.25) is 0 Å². The maximum Gasteiger partial charge on any atom is 0.242 e. The van der Waals surface area contributed by atoms with Gasteiger partial charge in [0.25, 0.3) is 0 Å². The number of para-hydroxylation sites is 2. The number of rotatable bonds is 4. The van der Waals surface area contributed by atoms with Gasteiger partial charge in [-0.3, -0.25) is 9.59 Å². The highest BCUT2D eigenvalue weighted by Crippen LogP contribution is 2.35. The van der Waals surface area contributed by atoms with Crippen LogP contribution >= 0.6 is 0 Å². The monoisotopic (exact) mass is 430 g/mol. The molecule has 0 aliphatic carbocycles. The second kappa shape index (κ2) is 8.41. The van der Waals surface area contributed by atoms with Crippen molar-refractivity contribution in [1.82, 2.24) is 14.5 Å². The minimum absolute atomic E-state index is 0.0380. The van der Waals surface area contributed by atoms with E-state index in [-0.39, 0.29) is 24.3 Å². The Morgan fingerprint density at radius 2 is 1.84 bits per heavy atom. The van der Waals surface area contributed by atoms with Gasteiger partial charge < -0.3 is 14.4 Å². The number of carbonyl (C=O) groups is 2. The fourth-order valence-corrected chi connectivity index (χ4v) is 5.07. The molecule has 2 aromatic carbocycles. The molecule has 1 unspecified atom stereocenters. The molecule has 0 radical (unpaired) electrons. The highest BCUT2D eigenvalue weighted by molar-refractivity contribution is 5.97. The summed E-state index contributed by atoms with van der Waals surface area (Å²) in [6.07, 6.45) is 3.76. The smallest absolute Gasteiger partial charge is 0.242 e. The van der Waals surface area contributed by atoms with E-state index < -0.39 is 0 Å². The van der Waals surface area contributed by atoms with Gasteiger partial charge in [0.2, 0.25) is 11.8 Å². The largest absolute Gasteiger partial charge is 0.341 e. The maximum atomic E-state index is 13.1. The number of benzene rings is 2. The summed E-state index contributed by atoms with van der Waals surface area (Å²) in [4.78, 5) is 34.9. The van der Waals surface area contributed by atoms with Crippen molar-refractivity contribution in [3.05, 3.63) is 59.4 Å². The molecular weight excluding hydrogens is 400 g/mol. The fourth-order valence-electron chi connectivity index (χ4n) is 5.07. The molecule has 1 atom stereocenters. The standard InChI is InChI=1S/C26H30N4O2/c1-18-10-11-19(2)23(14-18)29-16-20(15-24(29)31)26-27-21-8-4-5-9-22(21)30(26)17-25(32)28-12-6-3-7-13-28/h4-5,8-11,14,20H,3,6-7,12-13,15-17H2,1-2H3. The van der Waals surface area contributed by atoms with Crippen LogP contribution in [0.3, 0.4) is 0 Å². The first-order valence-corrected chi connectivity index (χ1v) is 11.6. The van der Waals surface area contributed by atoms with Gasteiger partial charge in [0.1, 0.15) is 12.4 Å². The van der Waals surface area contributed by atoms with Crippen molar-refractivity contribution >= 4 is 28.5 Å². The van der Waals surface area contributed by atoms with Crippen molar-refractivity contribution in [3.8, 4) is 0 Å². The Morgan fingerprint density at radius 3 is 2.66 bits per heavy atom. The van der Waals surface area contributed by atoms with Gasteiger partial charge in [-0.05, 0) is 62.4 Å². The Morgan fingerprint density at radius 1 is 1.06 bits per heavy atom. The van der Waals surface area contributed by atoms with Crippen LogP contribution in [-0.4, -0.2) is 45.9 Å². The minimum atomic E-state index is -0.0380. The van der Waals surface area contributed by atoms with Gasteiger partial charge in [-0.25, -0.2) is 4.98 Å². The third kappa shape index (κ3) is 3.78. The van der Waals surface area contributed by atoms with Gasteiger partial charge >= 0.3 is 0 Å². The first-order valence-electron chi connectivity index (χ1n) is 11.6. The molecule has 2 amide bonds. The van der Waals surface area contributed by atoms with Gasteiger partial charge in [-0.1, -0.05) is 24.3 Å². The predicted molar refractivity (Wildman–Crippen MR) is 126 cm³/mol. The number of imidazole rings is 1. The van der Waals surface area contributed by atoms with Crippen molar-refractivity contribution in [2.75, 3.05) is 24.5 Å². The lowest BCUT2D eigenvalue weighted by Crippen LogP contribution is -2.38. The normalized spacial score (nSPS) is 19.2. The molecule has 3 heterocycles. The summed E-state index contributed by atoms with van der Waals surface area (Å²) >= 11 is 0. The van der Waals surface area contributed by atoms with E-state index in [0.717, 1.165) is 59.6 Å². The van der Waals surface area contributed by atoms with E-state index in [2.05, 4.69) is 22.8 Å². The van der Waals surface area contributed by atoms with Crippen LogP contribution < -0.4 is 4.90 Å². The number of carbonyl (C=O) groups excluding carboxylic acids is 2. The van der Waals surface area contributed by atoms with Gasteiger partial charge in [0, 0.05) is 37.7 Å². The number of anilines is 1. The van der Waals surface area contributed by atoms with Crippen LogP contribution in [0.15, 0.2) is 42.5 Å². The quantitative estimate of drug-likeness (QED) is 0.624. The zero-order valence-corrected chi connectivity index (χ0v) is 18.9. The molecule has 166 valence electrons. The van der Waals surface area contributed by atoms with Gasteiger partial charge in [-0.2, -0.15) is 0 Å². The van der Waals surface area contributed by atoms with Crippen molar-refractivity contribution in [3.63, 3.8) is 0 Å². The van der Waals surface area contributed by atoms with Crippen LogP contribution in [-0.2, 0) is 16.1 Å². The molecule has 5 rings (SSSR count). The first-order chi connectivity index (χ1) is 15.5. The Labute approximate surface area is 188 Å². The lowest BCUT2D eigenvalue weighted by Gasteiger charge is -2.27. The Hall–Kier alpha value is -3.15. The van der Waals surface area contributed by atoms with Crippen molar-refractivity contribution < 1.29 is 9.59 Å².